The third-order valence-electron chi connectivity index (χ3n) is 2.84. The van der Waals surface area contributed by atoms with Gasteiger partial charge in [-0.25, -0.2) is 0 Å². The molecule has 0 fully saturated rings. The Morgan fingerprint density at radius 2 is 2.08 bits per heavy atom. The zero-order valence-corrected chi connectivity index (χ0v) is 12.7. The molecule has 24 heavy (non-hydrogen) atoms. The van der Waals surface area contributed by atoms with Crippen LogP contribution < -0.4 is 16.2 Å². The second kappa shape index (κ2) is 7.17. The molecule has 1 aromatic carbocycles. The first-order valence-corrected chi connectivity index (χ1v) is 6.86. The molecule has 0 saturated heterocycles. The summed E-state index contributed by atoms with van der Waals surface area (Å²) in [5.74, 6) is 0.611. The standard InChI is InChI=1S/C13H11F3N4O3S/c14-13(15,16)8-3-4-10(11(6-8)20(21)22)18-19-12(24)17-7-9-2-1-5-23-9/h1-6,18H,7H2,(H2,17,19,24). The molecule has 2 aromatic rings. The summed E-state index contributed by atoms with van der Waals surface area (Å²) in [7, 11) is 0. The third kappa shape index (κ3) is 4.59. The van der Waals surface area contributed by atoms with Gasteiger partial charge in [-0.3, -0.25) is 21.0 Å². The maximum absolute atomic E-state index is 12.6. The van der Waals surface area contributed by atoms with Gasteiger partial charge >= 0.3 is 6.18 Å². The molecular weight excluding hydrogens is 349 g/mol. The molecule has 11 heteroatoms. The van der Waals surface area contributed by atoms with E-state index in [0.29, 0.717) is 11.8 Å². The van der Waals surface area contributed by atoms with Crippen LogP contribution in [-0.4, -0.2) is 10.0 Å². The van der Waals surface area contributed by atoms with Crippen LogP contribution in [0.3, 0.4) is 0 Å². The van der Waals surface area contributed by atoms with Crippen molar-refractivity contribution in [3.63, 3.8) is 0 Å². The lowest BCUT2D eigenvalue weighted by atomic mass is 10.1. The Hall–Kier alpha value is -2.82. The summed E-state index contributed by atoms with van der Waals surface area (Å²) < 4.78 is 42.9. The number of nitro benzene ring substituents is 1. The van der Waals surface area contributed by atoms with Gasteiger partial charge in [0.25, 0.3) is 5.69 Å². The molecule has 0 spiro atoms. The number of hydrogen-bond donors (Lipinski definition) is 3. The fourth-order valence-corrected chi connectivity index (χ4v) is 1.84. The fourth-order valence-electron chi connectivity index (χ4n) is 1.71. The van der Waals surface area contributed by atoms with Crippen LogP contribution in [-0.2, 0) is 12.7 Å². The number of alkyl halides is 3. The van der Waals surface area contributed by atoms with Gasteiger partial charge in [-0.15, -0.1) is 0 Å². The largest absolute Gasteiger partial charge is 0.467 e. The molecule has 2 rings (SSSR count). The van der Waals surface area contributed by atoms with Gasteiger partial charge in [0.15, 0.2) is 5.11 Å². The van der Waals surface area contributed by atoms with Crippen LogP contribution in [0.1, 0.15) is 11.3 Å². The molecule has 0 aliphatic rings. The smallest absolute Gasteiger partial charge is 0.416 e. The fraction of sp³-hybridized carbons (Fsp3) is 0.154. The second-order valence-electron chi connectivity index (χ2n) is 4.50. The highest BCUT2D eigenvalue weighted by Crippen LogP contribution is 2.34. The molecule has 0 bridgehead atoms. The van der Waals surface area contributed by atoms with Crippen molar-refractivity contribution in [2.75, 3.05) is 5.43 Å². The lowest BCUT2D eigenvalue weighted by Gasteiger charge is -2.13. The zero-order valence-electron chi connectivity index (χ0n) is 11.9. The van der Waals surface area contributed by atoms with Crippen molar-refractivity contribution < 1.29 is 22.5 Å². The number of anilines is 1. The first kappa shape index (κ1) is 17.5. The van der Waals surface area contributed by atoms with E-state index in [1.807, 2.05) is 0 Å². The Balaban J connectivity index is 2.01. The number of thiocarbonyl (C=S) groups is 1. The summed E-state index contributed by atoms with van der Waals surface area (Å²) >= 11 is 4.94. The molecule has 0 radical (unpaired) electrons. The first-order valence-electron chi connectivity index (χ1n) is 6.45. The molecule has 128 valence electrons. The number of hydrogen-bond acceptors (Lipinski definition) is 5. The third-order valence-corrected chi connectivity index (χ3v) is 3.08. The lowest BCUT2D eigenvalue weighted by Crippen LogP contribution is -2.38. The SMILES string of the molecule is O=[N+]([O-])c1cc(C(F)(F)F)ccc1NNC(=S)NCc1ccco1. The number of halogens is 3. The molecule has 7 nitrogen and oxygen atoms in total. The van der Waals surface area contributed by atoms with Crippen molar-refractivity contribution in [1.29, 1.82) is 0 Å². The molecule has 0 atom stereocenters. The molecule has 1 heterocycles. The van der Waals surface area contributed by atoms with Crippen LogP contribution in [0.15, 0.2) is 41.0 Å². The van der Waals surface area contributed by atoms with E-state index in [1.165, 1.54) is 6.26 Å². The van der Waals surface area contributed by atoms with Crippen LogP contribution in [0, 0.1) is 10.1 Å². The van der Waals surface area contributed by atoms with Gasteiger partial charge in [0, 0.05) is 6.07 Å². The Kier molecular flexibility index (Phi) is 5.24. The van der Waals surface area contributed by atoms with Gasteiger partial charge in [-0.05, 0) is 36.5 Å². The Morgan fingerprint density at radius 3 is 2.67 bits per heavy atom. The van der Waals surface area contributed by atoms with Crippen LogP contribution in [0.4, 0.5) is 24.5 Å². The first-order chi connectivity index (χ1) is 11.3. The van der Waals surface area contributed by atoms with Crippen LogP contribution in [0.25, 0.3) is 0 Å². The van der Waals surface area contributed by atoms with E-state index in [2.05, 4.69) is 16.2 Å². The summed E-state index contributed by atoms with van der Waals surface area (Å²) in [5.41, 5.74) is 2.87. The van der Waals surface area contributed by atoms with Crippen molar-refractivity contribution in [3.8, 4) is 0 Å². The van der Waals surface area contributed by atoms with Gasteiger partial charge < -0.3 is 9.73 Å². The molecule has 0 aliphatic carbocycles. The van der Waals surface area contributed by atoms with E-state index in [-0.39, 0.29) is 17.3 Å². The highest BCUT2D eigenvalue weighted by molar-refractivity contribution is 7.80. The van der Waals surface area contributed by atoms with Crippen LogP contribution in [0.2, 0.25) is 0 Å². The minimum Gasteiger partial charge on any atom is -0.467 e. The summed E-state index contributed by atoms with van der Waals surface area (Å²) in [4.78, 5) is 10.0. The molecule has 1 aromatic heterocycles. The molecular formula is C13H11F3N4O3S. The lowest BCUT2D eigenvalue weighted by molar-refractivity contribution is -0.384. The Labute approximate surface area is 139 Å². The number of furan rings is 1. The quantitative estimate of drug-likeness (QED) is 0.428. The van der Waals surface area contributed by atoms with Gasteiger partial charge in [0.1, 0.15) is 11.4 Å². The minimum atomic E-state index is -4.67. The summed E-state index contributed by atoms with van der Waals surface area (Å²) in [5, 5.41) is 13.8. The van der Waals surface area contributed by atoms with E-state index in [0.717, 1.165) is 12.1 Å². The van der Waals surface area contributed by atoms with Crippen molar-refractivity contribution in [3.05, 3.63) is 58.0 Å². The van der Waals surface area contributed by atoms with E-state index in [4.69, 9.17) is 16.6 Å². The average molecular weight is 360 g/mol. The summed E-state index contributed by atoms with van der Waals surface area (Å²) in [6.07, 6.45) is -3.19. The van der Waals surface area contributed by atoms with Crippen molar-refractivity contribution in [2.24, 2.45) is 0 Å². The molecule has 0 amide bonds. The molecule has 0 saturated carbocycles. The maximum atomic E-state index is 12.6. The van der Waals surface area contributed by atoms with Gasteiger partial charge in [-0.2, -0.15) is 13.2 Å². The molecule has 0 unspecified atom stereocenters. The van der Waals surface area contributed by atoms with Crippen molar-refractivity contribution in [2.45, 2.75) is 12.7 Å². The van der Waals surface area contributed by atoms with E-state index in [9.17, 15) is 23.3 Å². The average Bonchev–Trinajstić information content (AvgIpc) is 3.03. The van der Waals surface area contributed by atoms with Crippen molar-refractivity contribution >= 4 is 28.7 Å². The summed E-state index contributed by atoms with van der Waals surface area (Å²) in [6, 6.07) is 5.53. The summed E-state index contributed by atoms with van der Waals surface area (Å²) in [6.45, 7) is 0.273. The Bertz CT molecular complexity index is 735. The molecule has 0 aliphatic heterocycles. The maximum Gasteiger partial charge on any atom is 0.416 e. The normalized spacial score (nSPS) is 11.0. The number of nitrogens with one attached hydrogen (secondary N) is 3. The number of rotatable bonds is 5. The highest BCUT2D eigenvalue weighted by atomic mass is 32.1. The topological polar surface area (TPSA) is 92.4 Å². The number of hydrazine groups is 1. The second-order valence-corrected chi connectivity index (χ2v) is 4.91. The monoisotopic (exact) mass is 360 g/mol. The van der Waals surface area contributed by atoms with Crippen LogP contribution >= 0.6 is 12.2 Å². The number of nitrogens with zero attached hydrogens (tertiary/aromatic N) is 1. The minimum absolute atomic E-state index is 0.0839. The molecule has 3 N–H and O–H groups in total. The predicted octanol–water partition coefficient (Wildman–Crippen LogP) is 3.20. The van der Waals surface area contributed by atoms with E-state index in [1.54, 1.807) is 12.1 Å². The van der Waals surface area contributed by atoms with Gasteiger partial charge in [0.2, 0.25) is 0 Å². The van der Waals surface area contributed by atoms with Crippen LogP contribution in [0.5, 0.6) is 0 Å². The zero-order chi connectivity index (χ0) is 17.7. The van der Waals surface area contributed by atoms with Crippen molar-refractivity contribution in [1.82, 2.24) is 10.7 Å². The van der Waals surface area contributed by atoms with Gasteiger partial charge in [0.05, 0.1) is 23.3 Å². The number of nitro groups is 1. The van der Waals surface area contributed by atoms with E-state index < -0.39 is 22.4 Å². The Morgan fingerprint density at radius 1 is 1.33 bits per heavy atom. The van der Waals surface area contributed by atoms with E-state index >= 15 is 0 Å². The number of benzene rings is 1. The van der Waals surface area contributed by atoms with Gasteiger partial charge in [-0.1, -0.05) is 0 Å². The highest BCUT2D eigenvalue weighted by Gasteiger charge is 2.33. The predicted molar refractivity (Wildman–Crippen MR) is 83.0 cm³/mol.